The van der Waals surface area contributed by atoms with Gasteiger partial charge in [0.1, 0.15) is 39.6 Å². The summed E-state index contributed by atoms with van der Waals surface area (Å²) < 4.78 is 16.0. The van der Waals surface area contributed by atoms with Gasteiger partial charge in [-0.15, -0.1) is 0 Å². The number of ether oxygens (including phenoxy) is 3. The van der Waals surface area contributed by atoms with Crippen molar-refractivity contribution >= 4 is 40.3 Å². The number of phenols is 1. The SMILES string of the molecule is COC(=O)/C=C/c1cc(CNC(=O)c2c(OC)cc(O)c3c2OC2=CC(O)=C(C(C)=O)C(=O)[C@]23C)c2ccccc2c1. The molecule has 1 heterocycles. The second-order valence-corrected chi connectivity index (χ2v) is 10.00. The van der Waals surface area contributed by atoms with Gasteiger partial charge in [-0.1, -0.05) is 24.3 Å². The molecule has 1 amide bonds. The van der Waals surface area contributed by atoms with E-state index in [1.165, 1.54) is 33.3 Å². The average molecular weight is 570 g/mol. The third-order valence-electron chi connectivity index (χ3n) is 7.46. The normalized spacial score (nSPS) is 17.4. The van der Waals surface area contributed by atoms with Gasteiger partial charge in [-0.3, -0.25) is 14.4 Å². The van der Waals surface area contributed by atoms with Crippen molar-refractivity contribution in [3.8, 4) is 17.2 Å². The molecule has 5 rings (SSSR count). The Morgan fingerprint density at radius 1 is 1.10 bits per heavy atom. The van der Waals surface area contributed by atoms with E-state index in [4.69, 9.17) is 9.47 Å². The molecule has 1 aliphatic carbocycles. The van der Waals surface area contributed by atoms with E-state index in [9.17, 15) is 29.4 Å². The van der Waals surface area contributed by atoms with Gasteiger partial charge in [0.15, 0.2) is 17.3 Å². The standard InChI is InChI=1S/C32H27NO9/c1-16(34)26-21(35)14-24-32(2,30(26)38)28-22(36)13-23(40-3)27(29(28)42-24)31(39)33-15-19-12-17(9-10-25(37)41-4)11-18-7-5-6-8-20(18)19/h5-14,35-36H,15H2,1-4H3,(H,33,39)/b10-9+/t32-/m1/s1. The summed E-state index contributed by atoms with van der Waals surface area (Å²) in [5, 5.41) is 26.0. The van der Waals surface area contributed by atoms with Crippen molar-refractivity contribution in [3.63, 3.8) is 0 Å². The third kappa shape index (κ3) is 4.46. The number of esters is 1. The highest BCUT2D eigenvalue weighted by molar-refractivity contribution is 6.25. The monoisotopic (exact) mass is 569 g/mol. The number of carbonyl (C=O) groups is 4. The maximum Gasteiger partial charge on any atom is 0.330 e. The van der Waals surface area contributed by atoms with Crippen molar-refractivity contribution in [1.82, 2.24) is 5.32 Å². The first-order chi connectivity index (χ1) is 20.0. The highest BCUT2D eigenvalue weighted by Gasteiger charge is 2.55. The molecule has 0 bridgehead atoms. The van der Waals surface area contributed by atoms with Crippen molar-refractivity contribution < 1.29 is 43.6 Å². The maximum atomic E-state index is 13.7. The Balaban J connectivity index is 1.54. The number of ketones is 2. The Kier molecular flexibility index (Phi) is 7.07. The van der Waals surface area contributed by atoms with Crippen LogP contribution in [0.1, 0.15) is 40.9 Å². The lowest BCUT2D eigenvalue weighted by Gasteiger charge is -2.27. The molecule has 42 heavy (non-hydrogen) atoms. The second kappa shape index (κ2) is 10.5. The van der Waals surface area contributed by atoms with Crippen molar-refractivity contribution in [2.24, 2.45) is 0 Å². The van der Waals surface area contributed by atoms with Crippen molar-refractivity contribution in [1.29, 1.82) is 0 Å². The Labute approximate surface area is 240 Å². The lowest BCUT2D eigenvalue weighted by molar-refractivity contribution is -0.134. The molecule has 0 saturated carbocycles. The van der Waals surface area contributed by atoms with E-state index in [-0.39, 0.29) is 40.7 Å². The van der Waals surface area contributed by atoms with Crippen LogP contribution in [-0.2, 0) is 31.1 Å². The quantitative estimate of drug-likeness (QED) is 0.216. The lowest BCUT2D eigenvalue weighted by Crippen LogP contribution is -2.38. The third-order valence-corrected chi connectivity index (χ3v) is 7.46. The molecular weight excluding hydrogens is 542 g/mol. The Morgan fingerprint density at radius 3 is 2.52 bits per heavy atom. The number of aromatic hydroxyl groups is 1. The van der Waals surface area contributed by atoms with Gasteiger partial charge in [-0.2, -0.15) is 0 Å². The fraction of sp³-hybridized carbons (Fsp3) is 0.188. The maximum absolute atomic E-state index is 13.7. The molecule has 3 aromatic rings. The van der Waals surface area contributed by atoms with E-state index in [2.05, 4.69) is 10.1 Å². The van der Waals surface area contributed by atoms with Crippen molar-refractivity contribution in [2.75, 3.05) is 14.2 Å². The smallest absolute Gasteiger partial charge is 0.330 e. The minimum Gasteiger partial charge on any atom is -0.507 e. The van der Waals surface area contributed by atoms with Crippen LogP contribution in [0.3, 0.4) is 0 Å². The molecule has 3 aromatic carbocycles. The minimum absolute atomic E-state index is 0.0114. The second-order valence-electron chi connectivity index (χ2n) is 10.00. The molecular formula is C32H27NO9. The van der Waals surface area contributed by atoms with Gasteiger partial charge in [-0.25, -0.2) is 4.79 Å². The van der Waals surface area contributed by atoms with Crippen LogP contribution < -0.4 is 14.8 Å². The molecule has 0 saturated heterocycles. The van der Waals surface area contributed by atoms with Crippen LogP contribution in [0.25, 0.3) is 16.8 Å². The summed E-state index contributed by atoms with van der Waals surface area (Å²) in [4.78, 5) is 51.0. The topological polar surface area (TPSA) is 148 Å². The van der Waals surface area contributed by atoms with Gasteiger partial charge in [0.2, 0.25) is 0 Å². The summed E-state index contributed by atoms with van der Waals surface area (Å²) in [5.74, 6) is -3.65. The number of benzene rings is 3. The van der Waals surface area contributed by atoms with Crippen LogP contribution in [-0.4, -0.2) is 47.9 Å². The predicted octanol–water partition coefficient (Wildman–Crippen LogP) is 4.19. The molecule has 10 heteroatoms. The van der Waals surface area contributed by atoms with Crippen LogP contribution >= 0.6 is 0 Å². The number of nitrogens with one attached hydrogen (secondary N) is 1. The van der Waals surface area contributed by atoms with Crippen molar-refractivity contribution in [3.05, 3.63) is 94.0 Å². The number of aliphatic hydroxyl groups excluding tert-OH is 1. The number of fused-ring (bicyclic) bond motifs is 4. The fourth-order valence-corrected chi connectivity index (χ4v) is 5.37. The summed E-state index contributed by atoms with van der Waals surface area (Å²) in [6.07, 6.45) is 4.05. The highest BCUT2D eigenvalue weighted by atomic mass is 16.5. The summed E-state index contributed by atoms with van der Waals surface area (Å²) in [6.45, 7) is 2.67. The number of hydrogen-bond acceptors (Lipinski definition) is 9. The van der Waals surface area contributed by atoms with Gasteiger partial charge < -0.3 is 29.7 Å². The number of aliphatic hydroxyl groups is 1. The molecule has 0 spiro atoms. The summed E-state index contributed by atoms with van der Waals surface area (Å²) in [7, 11) is 2.60. The molecule has 3 N–H and O–H groups in total. The van der Waals surface area contributed by atoms with Gasteiger partial charge in [0, 0.05) is 24.8 Å². The van der Waals surface area contributed by atoms with Gasteiger partial charge in [0.25, 0.3) is 5.91 Å². The number of methoxy groups -OCH3 is 2. The van der Waals surface area contributed by atoms with Gasteiger partial charge in [-0.05, 0) is 54.0 Å². The molecule has 1 atom stereocenters. The Bertz CT molecular complexity index is 1800. The molecule has 0 radical (unpaired) electrons. The van der Waals surface area contributed by atoms with E-state index in [1.54, 1.807) is 6.08 Å². The first-order valence-corrected chi connectivity index (χ1v) is 12.9. The lowest BCUT2D eigenvalue weighted by atomic mass is 9.71. The van der Waals surface area contributed by atoms with Crippen LogP contribution in [0.2, 0.25) is 0 Å². The van der Waals surface area contributed by atoms with Crippen LogP contribution in [0, 0.1) is 0 Å². The largest absolute Gasteiger partial charge is 0.507 e. The van der Waals surface area contributed by atoms with E-state index < -0.39 is 40.2 Å². The van der Waals surface area contributed by atoms with Crippen LogP contribution in [0.15, 0.2) is 71.7 Å². The van der Waals surface area contributed by atoms with E-state index in [0.717, 1.165) is 29.3 Å². The van der Waals surface area contributed by atoms with E-state index >= 15 is 0 Å². The molecule has 0 fully saturated rings. The number of hydrogen-bond donors (Lipinski definition) is 3. The number of Topliss-reactive ketones (excluding diaryl/α,β-unsaturated/α-hetero) is 2. The zero-order chi connectivity index (χ0) is 30.3. The molecule has 10 nitrogen and oxygen atoms in total. The van der Waals surface area contributed by atoms with Crippen molar-refractivity contribution in [2.45, 2.75) is 25.8 Å². The molecule has 0 aromatic heterocycles. The predicted molar refractivity (Wildman–Crippen MR) is 152 cm³/mol. The molecule has 214 valence electrons. The average Bonchev–Trinajstić information content (AvgIpc) is 3.27. The number of amides is 1. The van der Waals surface area contributed by atoms with E-state index in [1.807, 2.05) is 36.4 Å². The number of carbonyl (C=O) groups excluding carboxylic acids is 4. The Hall–Kier alpha value is -5.38. The molecule has 1 aliphatic heterocycles. The number of phenolic OH excluding ortho intramolecular Hbond substituents is 1. The first-order valence-electron chi connectivity index (χ1n) is 12.9. The number of allylic oxidation sites excluding steroid dienone is 3. The molecule has 2 aliphatic rings. The Morgan fingerprint density at radius 2 is 1.83 bits per heavy atom. The van der Waals surface area contributed by atoms with Crippen LogP contribution in [0.4, 0.5) is 0 Å². The van der Waals surface area contributed by atoms with E-state index in [0.29, 0.717) is 5.56 Å². The summed E-state index contributed by atoms with van der Waals surface area (Å²) >= 11 is 0. The first kappa shape index (κ1) is 28.2. The zero-order valence-electron chi connectivity index (χ0n) is 23.2. The summed E-state index contributed by atoms with van der Waals surface area (Å²) in [6, 6.07) is 12.5. The fourth-order valence-electron chi connectivity index (χ4n) is 5.37. The minimum atomic E-state index is -1.66. The van der Waals surface area contributed by atoms with Gasteiger partial charge >= 0.3 is 5.97 Å². The number of rotatable bonds is 7. The molecule has 0 unspecified atom stereocenters. The summed E-state index contributed by atoms with van der Waals surface area (Å²) in [5.41, 5.74) is -0.719. The zero-order valence-corrected chi connectivity index (χ0v) is 23.2. The van der Waals surface area contributed by atoms with Crippen LogP contribution in [0.5, 0.6) is 17.2 Å². The highest BCUT2D eigenvalue weighted by Crippen LogP contribution is 2.56. The van der Waals surface area contributed by atoms with Gasteiger partial charge in [0.05, 0.1) is 19.8 Å².